The van der Waals surface area contributed by atoms with E-state index in [1.165, 1.54) is 5.56 Å². The fourth-order valence-corrected chi connectivity index (χ4v) is 4.06. The molecule has 1 N–H and O–H groups in total. The summed E-state index contributed by atoms with van der Waals surface area (Å²) in [6.07, 6.45) is 0. The van der Waals surface area contributed by atoms with Crippen LogP contribution in [0.1, 0.15) is 48.2 Å². The van der Waals surface area contributed by atoms with E-state index in [-0.39, 0.29) is 11.9 Å². The number of amides is 3. The minimum atomic E-state index is -0.195. The molecule has 2 heterocycles. The number of hydrogen-bond acceptors (Lipinski definition) is 3. The van der Waals surface area contributed by atoms with Gasteiger partial charge in [-0.3, -0.25) is 10.1 Å². The molecular weight excluding hydrogens is 390 g/mol. The third kappa shape index (κ3) is 4.00. The number of carbonyl (C=O) groups excluding carboxylic acids is 2. The van der Waals surface area contributed by atoms with Gasteiger partial charge in [-0.15, -0.1) is 0 Å². The van der Waals surface area contributed by atoms with Gasteiger partial charge in [0.1, 0.15) is 0 Å². The summed E-state index contributed by atoms with van der Waals surface area (Å²) in [5, 5.41) is 2.98. The lowest BCUT2D eigenvalue weighted by Gasteiger charge is -2.16. The lowest BCUT2D eigenvalue weighted by Crippen LogP contribution is -2.28. The molecule has 0 spiro atoms. The van der Waals surface area contributed by atoms with Crippen LogP contribution in [0.2, 0.25) is 0 Å². The molecule has 0 unspecified atom stereocenters. The van der Waals surface area contributed by atoms with Gasteiger partial charge in [0, 0.05) is 38.8 Å². The molecule has 1 saturated heterocycles. The molecule has 7 nitrogen and oxygen atoms in total. The Morgan fingerprint density at radius 1 is 1.13 bits per heavy atom. The first-order valence-electron chi connectivity index (χ1n) is 10.8. The smallest absolute Gasteiger partial charge is 0.320 e. The summed E-state index contributed by atoms with van der Waals surface area (Å²) < 4.78 is 2.03. The van der Waals surface area contributed by atoms with Crippen molar-refractivity contribution in [1.29, 1.82) is 0 Å². The molecule has 1 fully saturated rings. The van der Waals surface area contributed by atoms with Crippen LogP contribution in [-0.4, -0.2) is 51.4 Å². The van der Waals surface area contributed by atoms with Gasteiger partial charge in [0.15, 0.2) is 0 Å². The molecule has 0 radical (unpaired) electrons. The number of nitrogens with one attached hydrogen (secondary N) is 1. The first-order valence-corrected chi connectivity index (χ1v) is 10.8. The summed E-state index contributed by atoms with van der Waals surface area (Å²) in [7, 11) is 1.81. The molecule has 162 valence electrons. The van der Waals surface area contributed by atoms with Gasteiger partial charge < -0.3 is 14.4 Å². The van der Waals surface area contributed by atoms with Gasteiger partial charge >= 0.3 is 6.03 Å². The Morgan fingerprint density at radius 2 is 1.87 bits per heavy atom. The van der Waals surface area contributed by atoms with Gasteiger partial charge in [-0.1, -0.05) is 38.1 Å². The van der Waals surface area contributed by atoms with E-state index in [4.69, 9.17) is 4.98 Å². The van der Waals surface area contributed by atoms with E-state index in [9.17, 15) is 9.59 Å². The van der Waals surface area contributed by atoms with Crippen molar-refractivity contribution in [3.63, 3.8) is 0 Å². The number of para-hydroxylation sites is 1. The standard InChI is InChI=1S/C24H29N5O2/c1-5-29-20-8-6-7-19(16(2)3)21(20)25-23(29)26-22(30)18-11-9-17(10-12-18)15-28-14-13-27(4)24(28)31/h6-12,16H,5,13-15H2,1-4H3,(H,25,26,30). The maximum atomic E-state index is 12.9. The predicted molar refractivity (Wildman–Crippen MR) is 122 cm³/mol. The lowest BCUT2D eigenvalue weighted by atomic mass is 10.0. The number of urea groups is 1. The van der Waals surface area contributed by atoms with Gasteiger partial charge in [0.2, 0.25) is 5.95 Å². The van der Waals surface area contributed by atoms with E-state index in [1.54, 1.807) is 17.0 Å². The molecule has 7 heteroatoms. The maximum absolute atomic E-state index is 12.9. The zero-order valence-electron chi connectivity index (χ0n) is 18.6. The van der Waals surface area contributed by atoms with Crippen LogP contribution in [-0.2, 0) is 13.1 Å². The topological polar surface area (TPSA) is 70.5 Å². The van der Waals surface area contributed by atoms with Crippen LogP contribution in [0.3, 0.4) is 0 Å². The second-order valence-corrected chi connectivity index (χ2v) is 8.33. The Bertz CT molecular complexity index is 1120. The third-order valence-electron chi connectivity index (χ3n) is 5.87. The molecule has 1 aliphatic rings. The van der Waals surface area contributed by atoms with Crippen LogP contribution < -0.4 is 5.32 Å². The van der Waals surface area contributed by atoms with Crippen molar-refractivity contribution in [2.24, 2.45) is 0 Å². The summed E-state index contributed by atoms with van der Waals surface area (Å²) in [5.41, 5.74) is 4.70. The summed E-state index contributed by atoms with van der Waals surface area (Å²) in [6.45, 7) is 9.07. The Labute approximate surface area is 182 Å². The van der Waals surface area contributed by atoms with Crippen molar-refractivity contribution in [3.8, 4) is 0 Å². The minimum Gasteiger partial charge on any atom is -0.326 e. The zero-order valence-corrected chi connectivity index (χ0v) is 18.6. The number of carbonyl (C=O) groups is 2. The molecule has 3 aromatic rings. The number of aryl methyl sites for hydroxylation is 1. The number of anilines is 1. The van der Waals surface area contributed by atoms with E-state index in [2.05, 4.69) is 25.2 Å². The van der Waals surface area contributed by atoms with Gasteiger partial charge in [-0.05, 0) is 42.2 Å². The van der Waals surface area contributed by atoms with Crippen molar-refractivity contribution >= 4 is 28.9 Å². The van der Waals surface area contributed by atoms with Gasteiger partial charge in [0.05, 0.1) is 11.0 Å². The second-order valence-electron chi connectivity index (χ2n) is 8.33. The van der Waals surface area contributed by atoms with E-state index < -0.39 is 0 Å². The van der Waals surface area contributed by atoms with Crippen molar-refractivity contribution < 1.29 is 9.59 Å². The number of rotatable bonds is 6. The van der Waals surface area contributed by atoms with Crippen molar-refractivity contribution in [1.82, 2.24) is 19.4 Å². The van der Waals surface area contributed by atoms with Gasteiger partial charge in [-0.25, -0.2) is 9.78 Å². The summed E-state index contributed by atoms with van der Waals surface area (Å²) in [4.78, 5) is 33.2. The fourth-order valence-electron chi connectivity index (χ4n) is 4.06. The van der Waals surface area contributed by atoms with Crippen LogP contribution in [0.4, 0.5) is 10.7 Å². The number of hydrogen-bond donors (Lipinski definition) is 1. The number of benzene rings is 2. The summed E-state index contributed by atoms with van der Waals surface area (Å²) in [6, 6.07) is 13.6. The average Bonchev–Trinajstić information content (AvgIpc) is 3.27. The molecule has 0 saturated carbocycles. The maximum Gasteiger partial charge on any atom is 0.320 e. The van der Waals surface area contributed by atoms with E-state index in [0.717, 1.165) is 29.7 Å². The number of nitrogens with zero attached hydrogens (tertiary/aromatic N) is 4. The van der Waals surface area contributed by atoms with Crippen LogP contribution in [0, 0.1) is 0 Å². The van der Waals surface area contributed by atoms with Crippen LogP contribution >= 0.6 is 0 Å². The van der Waals surface area contributed by atoms with Crippen LogP contribution in [0.25, 0.3) is 11.0 Å². The lowest BCUT2D eigenvalue weighted by molar-refractivity contribution is 0.102. The van der Waals surface area contributed by atoms with Crippen LogP contribution in [0.15, 0.2) is 42.5 Å². The molecule has 1 aliphatic heterocycles. The Morgan fingerprint density at radius 3 is 2.48 bits per heavy atom. The molecule has 0 aliphatic carbocycles. The molecule has 4 rings (SSSR count). The van der Waals surface area contributed by atoms with Gasteiger partial charge in [-0.2, -0.15) is 0 Å². The number of likely N-dealkylation sites (N-methyl/N-ethyl adjacent to an activating group) is 1. The SMILES string of the molecule is CCn1c(NC(=O)c2ccc(CN3CCN(C)C3=O)cc2)nc2c(C(C)C)cccc21. The molecular formula is C24H29N5O2. The Balaban J connectivity index is 1.52. The fraction of sp³-hybridized carbons (Fsp3) is 0.375. The zero-order chi connectivity index (χ0) is 22.1. The van der Waals surface area contributed by atoms with E-state index in [1.807, 2.05) is 47.7 Å². The van der Waals surface area contributed by atoms with Crippen molar-refractivity contribution in [3.05, 3.63) is 59.2 Å². The number of imidazole rings is 1. The minimum absolute atomic E-state index is 0.0426. The summed E-state index contributed by atoms with van der Waals surface area (Å²) in [5.74, 6) is 0.715. The molecule has 3 amide bonds. The average molecular weight is 420 g/mol. The molecule has 31 heavy (non-hydrogen) atoms. The normalized spacial score (nSPS) is 14.2. The van der Waals surface area contributed by atoms with E-state index in [0.29, 0.717) is 30.5 Å². The molecule has 2 aromatic carbocycles. The first kappa shape index (κ1) is 20.9. The van der Waals surface area contributed by atoms with Crippen LogP contribution in [0.5, 0.6) is 0 Å². The second kappa shape index (κ2) is 8.41. The highest BCUT2D eigenvalue weighted by molar-refractivity contribution is 6.04. The molecule has 0 bridgehead atoms. The quantitative estimate of drug-likeness (QED) is 0.648. The number of fused-ring (bicyclic) bond motifs is 1. The molecule has 1 aromatic heterocycles. The largest absolute Gasteiger partial charge is 0.326 e. The highest BCUT2D eigenvalue weighted by atomic mass is 16.2. The Hall–Kier alpha value is -3.35. The molecule has 0 atom stereocenters. The monoisotopic (exact) mass is 419 g/mol. The summed E-state index contributed by atoms with van der Waals surface area (Å²) >= 11 is 0. The third-order valence-corrected chi connectivity index (χ3v) is 5.87. The number of aromatic nitrogens is 2. The van der Waals surface area contributed by atoms with E-state index >= 15 is 0 Å². The van der Waals surface area contributed by atoms with Gasteiger partial charge in [0.25, 0.3) is 5.91 Å². The highest BCUT2D eigenvalue weighted by Crippen LogP contribution is 2.28. The predicted octanol–water partition coefficient (Wildman–Crippen LogP) is 4.30. The Kier molecular flexibility index (Phi) is 5.67. The highest BCUT2D eigenvalue weighted by Gasteiger charge is 2.25. The van der Waals surface area contributed by atoms with Crippen molar-refractivity contribution in [2.45, 2.75) is 39.8 Å². The first-order chi connectivity index (χ1) is 14.9. The van der Waals surface area contributed by atoms with Crippen molar-refractivity contribution in [2.75, 3.05) is 25.5 Å².